The number of Topliss-reactive ketones (excluding diaryl/α,β-unsaturated/α-hetero) is 1. The van der Waals surface area contributed by atoms with Crippen molar-refractivity contribution in [2.24, 2.45) is 0 Å². The summed E-state index contributed by atoms with van der Waals surface area (Å²) in [4.78, 5) is 12.4. The Morgan fingerprint density at radius 2 is 1.95 bits per heavy atom. The lowest BCUT2D eigenvalue weighted by atomic mass is 9.92. The molecule has 1 aliphatic carbocycles. The van der Waals surface area contributed by atoms with Crippen LogP contribution in [0.4, 0.5) is 0 Å². The van der Waals surface area contributed by atoms with Crippen LogP contribution in [0.5, 0.6) is 0 Å². The normalized spacial score (nSPS) is 23.6. The van der Waals surface area contributed by atoms with Crippen LogP contribution in [0.1, 0.15) is 32.3 Å². The topological polar surface area (TPSA) is 55.8 Å². The molecule has 1 aromatic carbocycles. The van der Waals surface area contributed by atoms with Crippen LogP contribution in [0, 0.1) is 0 Å². The van der Waals surface area contributed by atoms with E-state index in [4.69, 9.17) is 9.47 Å². The number of aliphatic hydroxyl groups excluding tert-OH is 1. The molecule has 1 aromatic rings. The Morgan fingerprint density at radius 1 is 1.23 bits per heavy atom. The summed E-state index contributed by atoms with van der Waals surface area (Å²) in [5.41, 5.74) is 0.913. The molecule has 1 aliphatic rings. The summed E-state index contributed by atoms with van der Waals surface area (Å²) in [6.07, 6.45) is 4.24. The van der Waals surface area contributed by atoms with Crippen molar-refractivity contribution in [2.45, 2.75) is 32.5 Å². The van der Waals surface area contributed by atoms with Crippen molar-refractivity contribution in [1.29, 1.82) is 0 Å². The van der Waals surface area contributed by atoms with Crippen LogP contribution in [0.3, 0.4) is 0 Å². The average molecular weight is 302 g/mol. The molecule has 118 valence electrons. The number of carbonyl (C=O) groups excluding carboxylic acids is 1. The Kier molecular flexibility index (Phi) is 5.52. The SMILES string of the molecule is CCCOC1(OCC)C=CC(=C(O)c2ccccc2)C(=O)C1. The van der Waals surface area contributed by atoms with Crippen molar-refractivity contribution in [3.8, 4) is 0 Å². The van der Waals surface area contributed by atoms with Gasteiger partial charge in [-0.05, 0) is 25.5 Å². The first-order valence-electron chi connectivity index (χ1n) is 7.61. The fourth-order valence-corrected chi connectivity index (χ4v) is 2.40. The van der Waals surface area contributed by atoms with E-state index in [1.807, 2.05) is 32.0 Å². The molecule has 0 saturated heterocycles. The molecule has 0 amide bonds. The molecular formula is C18H22O4. The smallest absolute Gasteiger partial charge is 0.195 e. The zero-order valence-electron chi connectivity index (χ0n) is 13.0. The predicted octanol–water partition coefficient (Wildman–Crippen LogP) is 3.64. The third-order valence-corrected chi connectivity index (χ3v) is 3.45. The van der Waals surface area contributed by atoms with Gasteiger partial charge in [-0.3, -0.25) is 4.79 Å². The van der Waals surface area contributed by atoms with Crippen LogP contribution in [0.15, 0.2) is 48.1 Å². The van der Waals surface area contributed by atoms with Crippen LogP contribution in [-0.2, 0) is 14.3 Å². The van der Waals surface area contributed by atoms with Crippen LogP contribution < -0.4 is 0 Å². The summed E-state index contributed by atoms with van der Waals surface area (Å²) < 4.78 is 11.4. The molecule has 0 saturated carbocycles. The highest BCUT2D eigenvalue weighted by atomic mass is 16.7. The largest absolute Gasteiger partial charge is 0.507 e. The second kappa shape index (κ2) is 7.38. The van der Waals surface area contributed by atoms with E-state index in [2.05, 4.69) is 0 Å². The molecule has 2 rings (SSSR count). The van der Waals surface area contributed by atoms with Gasteiger partial charge in [-0.1, -0.05) is 37.3 Å². The Bertz CT molecular complexity index is 574. The van der Waals surface area contributed by atoms with E-state index < -0.39 is 5.79 Å². The Hall–Kier alpha value is -1.91. The summed E-state index contributed by atoms with van der Waals surface area (Å²) in [5, 5.41) is 10.3. The van der Waals surface area contributed by atoms with Gasteiger partial charge < -0.3 is 14.6 Å². The summed E-state index contributed by atoms with van der Waals surface area (Å²) in [6.45, 7) is 4.83. The van der Waals surface area contributed by atoms with Gasteiger partial charge in [-0.15, -0.1) is 0 Å². The molecule has 0 fully saturated rings. The molecule has 0 aliphatic heterocycles. The minimum absolute atomic E-state index is 0.0116. The fraction of sp³-hybridized carbons (Fsp3) is 0.389. The molecule has 22 heavy (non-hydrogen) atoms. The van der Waals surface area contributed by atoms with E-state index >= 15 is 0 Å². The highest BCUT2D eigenvalue weighted by molar-refractivity contribution is 6.05. The summed E-state index contributed by atoms with van der Waals surface area (Å²) in [5.74, 6) is -1.21. The van der Waals surface area contributed by atoms with Gasteiger partial charge in [0.1, 0.15) is 5.76 Å². The molecule has 4 nitrogen and oxygen atoms in total. The van der Waals surface area contributed by atoms with E-state index in [9.17, 15) is 9.90 Å². The van der Waals surface area contributed by atoms with Gasteiger partial charge in [0, 0.05) is 12.2 Å². The fourth-order valence-electron chi connectivity index (χ4n) is 2.40. The van der Waals surface area contributed by atoms with E-state index in [0.29, 0.717) is 24.4 Å². The van der Waals surface area contributed by atoms with Crippen LogP contribution in [-0.4, -0.2) is 29.9 Å². The number of allylic oxidation sites excluding steroid dienone is 2. The zero-order valence-corrected chi connectivity index (χ0v) is 13.0. The first-order chi connectivity index (χ1) is 10.6. The van der Waals surface area contributed by atoms with Crippen LogP contribution in [0.25, 0.3) is 5.76 Å². The molecule has 0 bridgehead atoms. The van der Waals surface area contributed by atoms with Gasteiger partial charge in [0.2, 0.25) is 0 Å². The molecule has 1 N–H and O–H groups in total. The third kappa shape index (κ3) is 3.64. The van der Waals surface area contributed by atoms with Crippen molar-refractivity contribution in [3.63, 3.8) is 0 Å². The summed E-state index contributed by atoms with van der Waals surface area (Å²) >= 11 is 0. The molecular weight excluding hydrogens is 280 g/mol. The van der Waals surface area contributed by atoms with Crippen LogP contribution in [0.2, 0.25) is 0 Å². The highest BCUT2D eigenvalue weighted by Gasteiger charge is 2.37. The third-order valence-electron chi connectivity index (χ3n) is 3.45. The molecule has 0 radical (unpaired) electrons. The standard InChI is InChI=1S/C18H22O4/c1-3-12-22-18(21-4-2)11-10-15(16(19)13-18)17(20)14-8-6-5-7-9-14/h5-11,20H,3-4,12-13H2,1-2H3. The number of aliphatic hydroxyl groups is 1. The number of carbonyl (C=O) groups is 1. The van der Waals surface area contributed by atoms with Gasteiger partial charge >= 0.3 is 0 Å². The minimum Gasteiger partial charge on any atom is -0.507 e. The Morgan fingerprint density at radius 3 is 2.55 bits per heavy atom. The van der Waals surface area contributed by atoms with Gasteiger partial charge in [-0.25, -0.2) is 0 Å². The molecule has 0 spiro atoms. The van der Waals surface area contributed by atoms with Crippen molar-refractivity contribution in [1.82, 2.24) is 0 Å². The zero-order chi connectivity index (χ0) is 16.0. The number of ether oxygens (including phenoxy) is 2. The van der Waals surface area contributed by atoms with E-state index in [0.717, 1.165) is 6.42 Å². The van der Waals surface area contributed by atoms with E-state index in [-0.39, 0.29) is 18.0 Å². The molecule has 1 atom stereocenters. The van der Waals surface area contributed by atoms with Crippen molar-refractivity contribution >= 4 is 11.5 Å². The number of hydrogen-bond donors (Lipinski definition) is 1. The maximum atomic E-state index is 12.4. The maximum Gasteiger partial charge on any atom is 0.195 e. The average Bonchev–Trinajstić information content (AvgIpc) is 2.54. The quantitative estimate of drug-likeness (QED) is 0.495. The molecule has 1 unspecified atom stereocenters. The highest BCUT2D eigenvalue weighted by Crippen LogP contribution is 2.31. The van der Waals surface area contributed by atoms with Crippen molar-refractivity contribution in [3.05, 3.63) is 53.6 Å². The lowest BCUT2D eigenvalue weighted by molar-refractivity contribution is -0.205. The first kappa shape index (κ1) is 16.5. The number of rotatable bonds is 6. The number of hydrogen-bond acceptors (Lipinski definition) is 4. The maximum absolute atomic E-state index is 12.4. The summed E-state index contributed by atoms with van der Waals surface area (Å²) in [7, 11) is 0. The van der Waals surface area contributed by atoms with Gasteiger partial charge in [0.25, 0.3) is 0 Å². The van der Waals surface area contributed by atoms with Gasteiger partial charge in [-0.2, -0.15) is 0 Å². The molecule has 0 aromatic heterocycles. The van der Waals surface area contributed by atoms with Crippen molar-refractivity contribution < 1.29 is 19.4 Å². The Labute approximate surface area is 131 Å². The van der Waals surface area contributed by atoms with Crippen molar-refractivity contribution in [2.75, 3.05) is 13.2 Å². The first-order valence-corrected chi connectivity index (χ1v) is 7.61. The molecule has 4 heteroatoms. The lowest BCUT2D eigenvalue weighted by Gasteiger charge is -2.32. The minimum atomic E-state index is -1.01. The second-order valence-corrected chi connectivity index (χ2v) is 5.15. The van der Waals surface area contributed by atoms with Gasteiger partial charge in [0.15, 0.2) is 11.6 Å². The predicted molar refractivity (Wildman–Crippen MR) is 85.4 cm³/mol. The van der Waals surface area contributed by atoms with E-state index in [1.165, 1.54) is 0 Å². The monoisotopic (exact) mass is 302 g/mol. The summed E-state index contributed by atoms with van der Waals surface area (Å²) in [6, 6.07) is 9.03. The lowest BCUT2D eigenvalue weighted by Crippen LogP contribution is -2.39. The van der Waals surface area contributed by atoms with Gasteiger partial charge in [0.05, 0.1) is 18.6 Å². The second-order valence-electron chi connectivity index (χ2n) is 5.15. The van der Waals surface area contributed by atoms with Crippen LogP contribution >= 0.6 is 0 Å². The number of benzene rings is 1. The van der Waals surface area contributed by atoms with E-state index in [1.54, 1.807) is 24.3 Å². The molecule has 0 heterocycles. The Balaban J connectivity index is 2.31. The number of ketones is 1.